The van der Waals surface area contributed by atoms with Gasteiger partial charge in [0.15, 0.2) is 6.61 Å². The number of carboxylic acids is 1. The van der Waals surface area contributed by atoms with Crippen molar-refractivity contribution in [3.63, 3.8) is 0 Å². The number of aromatic nitrogens is 3. The molecule has 5 aromatic rings. The van der Waals surface area contributed by atoms with Gasteiger partial charge in [-0.2, -0.15) is 33.4 Å². The first-order chi connectivity index (χ1) is 27.7. The van der Waals surface area contributed by atoms with Crippen LogP contribution in [0.4, 0.5) is 36.4 Å². The second-order valence-electron chi connectivity index (χ2n) is 12.7. The summed E-state index contributed by atoms with van der Waals surface area (Å²) in [6, 6.07) is 27.2. The molecule has 1 heterocycles. The number of carbonyl (C=O) groups is 4. The Labute approximate surface area is 332 Å². The highest BCUT2D eigenvalue weighted by molar-refractivity contribution is 6.42. The van der Waals surface area contributed by atoms with Gasteiger partial charge >= 0.3 is 30.0 Å². The zero-order chi connectivity index (χ0) is 41.5. The number of carbonyl (C=O) groups excluding carboxylic acids is 3. The Bertz CT molecular complexity index is 2420. The molecule has 0 spiro atoms. The van der Waals surface area contributed by atoms with Crippen LogP contribution in [-0.2, 0) is 19.9 Å². The Balaban J connectivity index is 1.07. The number of aliphatic carboxylic acids is 1. The molecule has 0 bridgehead atoms. The van der Waals surface area contributed by atoms with E-state index in [-0.39, 0.29) is 28.8 Å². The molecule has 1 aliphatic rings. The van der Waals surface area contributed by atoms with Crippen molar-refractivity contribution < 1.29 is 42.2 Å². The van der Waals surface area contributed by atoms with E-state index in [0.717, 1.165) is 16.7 Å². The monoisotopic (exact) mass is 811 g/mol. The lowest BCUT2D eigenvalue weighted by Gasteiger charge is -2.19. The molecule has 15 nitrogen and oxygen atoms in total. The summed E-state index contributed by atoms with van der Waals surface area (Å²) in [5, 5.41) is 29.6. The van der Waals surface area contributed by atoms with Crippen LogP contribution in [0, 0.1) is 11.3 Å². The van der Waals surface area contributed by atoms with Gasteiger partial charge in [0.25, 0.3) is 5.91 Å². The molecule has 0 radical (unpaired) electrons. The maximum absolute atomic E-state index is 13.0. The molecule has 1 fully saturated rings. The van der Waals surface area contributed by atoms with E-state index in [0.29, 0.717) is 23.4 Å². The number of hydrogen-bond donors (Lipinski definition) is 5. The number of carboxylic acid groups (broad SMARTS) is 1. The lowest BCUT2D eigenvalue weighted by atomic mass is 10.0. The second-order valence-corrected chi connectivity index (χ2v) is 13.1. The predicted octanol–water partition coefficient (Wildman–Crippen LogP) is 6.27. The van der Waals surface area contributed by atoms with Crippen LogP contribution < -0.4 is 26.0 Å². The highest BCUT2D eigenvalue weighted by Crippen LogP contribution is 2.48. The fourth-order valence-corrected chi connectivity index (χ4v) is 5.49. The van der Waals surface area contributed by atoms with Gasteiger partial charge in [0.1, 0.15) is 5.71 Å². The number of hydrogen-bond acceptors (Lipinski definition) is 11. The van der Waals surface area contributed by atoms with Crippen LogP contribution in [-0.4, -0.2) is 68.8 Å². The van der Waals surface area contributed by atoms with E-state index in [1.807, 2.05) is 18.2 Å². The van der Waals surface area contributed by atoms with E-state index in [2.05, 4.69) is 41.2 Å². The normalized spacial score (nSPS) is 13.1. The summed E-state index contributed by atoms with van der Waals surface area (Å²) in [7, 11) is 0. The van der Waals surface area contributed by atoms with Crippen molar-refractivity contribution in [2.24, 2.45) is 4.99 Å². The molecule has 19 heteroatoms. The first kappa shape index (κ1) is 40.3. The first-order valence-corrected chi connectivity index (χ1v) is 17.5. The van der Waals surface area contributed by atoms with Gasteiger partial charge in [0.05, 0.1) is 23.7 Å². The van der Waals surface area contributed by atoms with E-state index in [9.17, 15) is 37.5 Å². The molecule has 0 unspecified atom stereocenters. The Kier molecular flexibility index (Phi) is 11.9. The number of benzene rings is 4. The third-order valence-electron chi connectivity index (χ3n) is 8.46. The smallest absolute Gasteiger partial charge is 0.422 e. The number of rotatable bonds is 13. The highest BCUT2D eigenvalue weighted by atomic mass is 35.5. The van der Waals surface area contributed by atoms with E-state index in [4.69, 9.17) is 21.6 Å². The zero-order valence-electron chi connectivity index (χ0n) is 29.8. The van der Waals surface area contributed by atoms with Crippen molar-refractivity contribution in [1.29, 1.82) is 5.26 Å². The minimum atomic E-state index is -4.66. The van der Waals surface area contributed by atoms with Crippen LogP contribution >= 0.6 is 11.6 Å². The molecular formula is C39H29ClF3N9O6. The molecule has 1 aromatic heterocycles. The summed E-state index contributed by atoms with van der Waals surface area (Å²) in [5.74, 6) is -5.16. The third kappa shape index (κ3) is 10.7. The number of ether oxygens (including phenoxy) is 1. The predicted molar refractivity (Wildman–Crippen MR) is 205 cm³/mol. The molecule has 58 heavy (non-hydrogen) atoms. The van der Waals surface area contributed by atoms with Gasteiger partial charge in [-0.25, -0.2) is 9.79 Å². The maximum atomic E-state index is 13.0. The summed E-state index contributed by atoms with van der Waals surface area (Å²) in [4.78, 5) is 65.5. The average Bonchev–Trinajstić information content (AvgIpc) is 3.99. The molecule has 6 rings (SSSR count). The number of anilines is 4. The van der Waals surface area contributed by atoms with Crippen molar-refractivity contribution in [1.82, 2.24) is 20.3 Å². The van der Waals surface area contributed by atoms with Crippen molar-refractivity contribution >= 4 is 64.3 Å². The van der Waals surface area contributed by atoms with Gasteiger partial charge in [-0.3, -0.25) is 14.4 Å². The number of alkyl halides is 3. The van der Waals surface area contributed by atoms with Gasteiger partial charge < -0.3 is 31.1 Å². The van der Waals surface area contributed by atoms with Gasteiger partial charge in [0, 0.05) is 22.0 Å². The van der Waals surface area contributed by atoms with Gasteiger partial charge in [0.2, 0.25) is 11.9 Å². The number of nitrogens with one attached hydrogen (secondary N) is 4. The van der Waals surface area contributed by atoms with E-state index in [1.54, 1.807) is 60.7 Å². The topological polar surface area (TPSA) is 221 Å². The van der Waals surface area contributed by atoms with Crippen LogP contribution in [0.5, 0.6) is 6.01 Å². The number of nitriles is 1. The molecule has 4 aromatic carbocycles. The molecule has 0 saturated heterocycles. The fraction of sp³-hybridized carbons (Fsp3) is 0.154. The molecule has 294 valence electrons. The van der Waals surface area contributed by atoms with Crippen molar-refractivity contribution in [3.8, 4) is 23.2 Å². The average molecular weight is 812 g/mol. The van der Waals surface area contributed by atoms with Crippen LogP contribution in [0.15, 0.2) is 102 Å². The molecule has 1 aliphatic carbocycles. The minimum absolute atomic E-state index is 0.0659. The molecule has 1 saturated carbocycles. The molecule has 0 aliphatic heterocycles. The second kappa shape index (κ2) is 17.2. The molecular weight excluding hydrogens is 783 g/mol. The Morgan fingerprint density at radius 1 is 0.828 bits per heavy atom. The van der Waals surface area contributed by atoms with Gasteiger partial charge in [-0.15, -0.1) is 0 Å². The first-order valence-electron chi connectivity index (χ1n) is 17.1. The Hall–Kier alpha value is -7.39. The van der Waals surface area contributed by atoms with Crippen molar-refractivity contribution in [2.45, 2.75) is 24.6 Å². The number of amides is 3. The lowest BCUT2D eigenvalue weighted by Crippen LogP contribution is -2.40. The molecule has 5 N–H and O–H groups in total. The fourth-order valence-electron chi connectivity index (χ4n) is 5.36. The quantitative estimate of drug-likeness (QED) is 0.0656. The summed E-state index contributed by atoms with van der Waals surface area (Å²) in [6.07, 6.45) is -3.29. The largest absolute Gasteiger partial charge is 0.477 e. The SMILES string of the molecule is N#Cc1ccc(-c2ccc(NC(=O)C(=O)NCC(=NC(=O)c3ccc(Nc4nc(NC5(c6ccc(Cl)cc6)CC5)nc(OCC(F)(F)F)n4)cc3)C(=O)O)cc2)cc1. The Morgan fingerprint density at radius 3 is 2.02 bits per heavy atom. The van der Waals surface area contributed by atoms with E-state index in [1.165, 1.54) is 24.3 Å². The van der Waals surface area contributed by atoms with Gasteiger partial charge in [-0.05, 0) is 90.2 Å². The van der Waals surface area contributed by atoms with Crippen LogP contribution in [0.1, 0.15) is 34.3 Å². The maximum Gasteiger partial charge on any atom is 0.422 e. The van der Waals surface area contributed by atoms with Crippen molar-refractivity contribution in [3.05, 3.63) is 119 Å². The van der Waals surface area contributed by atoms with Crippen LogP contribution in [0.2, 0.25) is 5.02 Å². The van der Waals surface area contributed by atoms with Crippen LogP contribution in [0.25, 0.3) is 11.1 Å². The number of halogens is 4. The van der Waals surface area contributed by atoms with E-state index >= 15 is 0 Å². The van der Waals surface area contributed by atoms with E-state index < -0.39 is 60.3 Å². The summed E-state index contributed by atoms with van der Waals surface area (Å²) >= 11 is 6.02. The third-order valence-corrected chi connectivity index (χ3v) is 8.71. The zero-order valence-corrected chi connectivity index (χ0v) is 30.6. The summed E-state index contributed by atoms with van der Waals surface area (Å²) < 4.78 is 43.7. The van der Waals surface area contributed by atoms with Gasteiger partial charge in [-0.1, -0.05) is 48.0 Å². The minimum Gasteiger partial charge on any atom is -0.477 e. The van der Waals surface area contributed by atoms with Crippen LogP contribution in [0.3, 0.4) is 0 Å². The lowest BCUT2D eigenvalue weighted by molar-refractivity contribution is -0.154. The van der Waals surface area contributed by atoms with Crippen molar-refractivity contribution in [2.75, 3.05) is 29.1 Å². The number of aliphatic imine (C=N–C) groups is 1. The summed E-state index contributed by atoms with van der Waals surface area (Å²) in [5.41, 5.74) is 2.13. The standard InChI is InChI=1S/C39H29ClF3N9O6/c40-27-11-9-26(10-12-27)38(17-18-38)52-36-49-35(50-37(51-36)58-21-39(41,42)43)47-29-15-7-25(8-16-29)31(53)48-30(34(56)57)20-45-32(54)33(55)46-28-13-5-24(6-14-28)23-3-1-22(19-44)2-4-23/h1-16H,17-18,20-21H2,(H,45,54)(H,46,55)(H,56,57)(H2,47,49,50,51,52). The Morgan fingerprint density at radius 2 is 1.43 bits per heavy atom. The molecule has 0 atom stereocenters. The molecule has 3 amide bonds. The highest BCUT2D eigenvalue weighted by Gasteiger charge is 2.45. The summed E-state index contributed by atoms with van der Waals surface area (Å²) in [6.45, 7) is -2.42. The number of nitrogens with zero attached hydrogens (tertiary/aromatic N) is 5.